The second kappa shape index (κ2) is 3.05. The molecule has 11 heavy (non-hydrogen) atoms. The Hall–Kier alpha value is -0.830. The van der Waals surface area contributed by atoms with Crippen LogP contribution in [0.15, 0.2) is 12.2 Å². The summed E-state index contributed by atoms with van der Waals surface area (Å²) in [6, 6.07) is 0. The number of hydrogen-bond acceptors (Lipinski definition) is 2. The van der Waals surface area contributed by atoms with Crippen LogP contribution in [0.2, 0.25) is 0 Å². The van der Waals surface area contributed by atoms with Gasteiger partial charge in [-0.25, -0.2) is 0 Å². The van der Waals surface area contributed by atoms with Gasteiger partial charge >= 0.3 is 5.97 Å². The summed E-state index contributed by atoms with van der Waals surface area (Å²) < 4.78 is 0. The fourth-order valence-electron chi connectivity index (χ4n) is 1.24. The van der Waals surface area contributed by atoms with E-state index in [-0.39, 0.29) is 5.92 Å². The smallest absolute Gasteiger partial charge is 0.309 e. The summed E-state index contributed by atoms with van der Waals surface area (Å²) in [5.74, 6) is -0.822. The number of aliphatic carboxylic acids is 1. The Labute approximate surface area is 66.3 Å². The summed E-state index contributed by atoms with van der Waals surface area (Å²) in [5.41, 5.74) is 1.09. The van der Waals surface area contributed by atoms with Gasteiger partial charge in [0.25, 0.3) is 0 Å². The molecule has 0 amide bonds. The van der Waals surface area contributed by atoms with Crippen molar-refractivity contribution >= 4 is 5.97 Å². The van der Waals surface area contributed by atoms with Crippen LogP contribution in [0.5, 0.6) is 0 Å². The third-order valence-electron chi connectivity index (χ3n) is 1.80. The predicted molar refractivity (Wildman–Crippen MR) is 42.4 cm³/mol. The van der Waals surface area contributed by atoms with E-state index in [1.807, 2.05) is 6.92 Å². The summed E-state index contributed by atoms with van der Waals surface area (Å²) in [6.45, 7) is 7.91. The maximum atomic E-state index is 10.4. The summed E-state index contributed by atoms with van der Waals surface area (Å²) >= 11 is 0. The lowest BCUT2D eigenvalue weighted by molar-refractivity contribution is -0.147. The van der Waals surface area contributed by atoms with Crippen LogP contribution >= 0.6 is 0 Å². The van der Waals surface area contributed by atoms with Crippen LogP contribution in [0.25, 0.3) is 0 Å². The zero-order valence-electron chi connectivity index (χ0n) is 6.71. The molecule has 1 heterocycles. The Balaban J connectivity index is 2.19. The molecule has 0 radical (unpaired) electrons. The first-order chi connectivity index (χ1) is 5.09. The zero-order valence-corrected chi connectivity index (χ0v) is 6.71. The molecular weight excluding hydrogens is 142 g/mol. The van der Waals surface area contributed by atoms with Gasteiger partial charge in [0.2, 0.25) is 0 Å². The first kappa shape index (κ1) is 8.27. The fourth-order valence-corrected chi connectivity index (χ4v) is 1.24. The SMILES string of the molecule is C=C(C)CN1CC(C(=O)O)C1. The molecule has 0 aromatic rings. The Morgan fingerprint density at radius 3 is 2.64 bits per heavy atom. The number of carboxylic acids is 1. The lowest BCUT2D eigenvalue weighted by Gasteiger charge is -2.36. The van der Waals surface area contributed by atoms with Gasteiger partial charge in [-0.1, -0.05) is 12.2 Å². The Kier molecular flexibility index (Phi) is 2.29. The van der Waals surface area contributed by atoms with Crippen LogP contribution in [0.4, 0.5) is 0 Å². The quantitative estimate of drug-likeness (QED) is 0.606. The van der Waals surface area contributed by atoms with E-state index in [2.05, 4.69) is 11.5 Å². The van der Waals surface area contributed by atoms with Gasteiger partial charge < -0.3 is 5.11 Å². The standard InChI is InChI=1S/C8H13NO2/c1-6(2)3-9-4-7(5-9)8(10)11/h7H,1,3-5H2,2H3,(H,10,11). The molecule has 3 nitrogen and oxygen atoms in total. The van der Waals surface area contributed by atoms with E-state index in [1.165, 1.54) is 0 Å². The second-order valence-electron chi connectivity index (χ2n) is 3.19. The third kappa shape index (κ3) is 2.05. The highest BCUT2D eigenvalue weighted by Crippen LogP contribution is 2.15. The molecule has 0 saturated carbocycles. The molecule has 1 rings (SSSR count). The number of hydrogen-bond donors (Lipinski definition) is 1. The molecule has 0 bridgehead atoms. The summed E-state index contributed by atoms with van der Waals surface area (Å²) in [7, 11) is 0. The van der Waals surface area contributed by atoms with Crippen LogP contribution in [-0.4, -0.2) is 35.6 Å². The molecule has 1 N–H and O–H groups in total. The minimum absolute atomic E-state index is 0.144. The van der Waals surface area contributed by atoms with Crippen molar-refractivity contribution in [2.75, 3.05) is 19.6 Å². The van der Waals surface area contributed by atoms with E-state index in [0.717, 1.165) is 12.1 Å². The largest absolute Gasteiger partial charge is 0.481 e. The van der Waals surface area contributed by atoms with Crippen LogP contribution < -0.4 is 0 Å². The van der Waals surface area contributed by atoms with Crippen molar-refractivity contribution in [2.24, 2.45) is 5.92 Å². The van der Waals surface area contributed by atoms with Crippen molar-refractivity contribution in [1.82, 2.24) is 4.90 Å². The average Bonchev–Trinajstić information content (AvgIpc) is 1.75. The molecular formula is C8H13NO2. The van der Waals surface area contributed by atoms with Gasteiger partial charge in [-0.15, -0.1) is 0 Å². The monoisotopic (exact) mass is 155 g/mol. The second-order valence-corrected chi connectivity index (χ2v) is 3.19. The Morgan fingerprint density at radius 1 is 1.73 bits per heavy atom. The molecule has 1 fully saturated rings. The van der Waals surface area contributed by atoms with Crippen molar-refractivity contribution < 1.29 is 9.90 Å². The summed E-state index contributed by atoms with van der Waals surface area (Å²) in [6.07, 6.45) is 0. The lowest BCUT2D eigenvalue weighted by atomic mass is 10.0. The topological polar surface area (TPSA) is 40.5 Å². The van der Waals surface area contributed by atoms with E-state index in [0.29, 0.717) is 13.1 Å². The van der Waals surface area contributed by atoms with Gasteiger partial charge in [-0.05, 0) is 6.92 Å². The van der Waals surface area contributed by atoms with E-state index in [1.54, 1.807) is 0 Å². The number of nitrogens with zero attached hydrogens (tertiary/aromatic N) is 1. The number of likely N-dealkylation sites (tertiary alicyclic amines) is 1. The minimum atomic E-state index is -0.678. The molecule has 0 aromatic carbocycles. The molecule has 3 heteroatoms. The fraction of sp³-hybridized carbons (Fsp3) is 0.625. The summed E-state index contributed by atoms with van der Waals surface area (Å²) in [4.78, 5) is 12.4. The molecule has 62 valence electrons. The molecule has 1 aliphatic rings. The van der Waals surface area contributed by atoms with Crippen molar-refractivity contribution in [3.05, 3.63) is 12.2 Å². The molecule has 0 aliphatic carbocycles. The molecule has 0 unspecified atom stereocenters. The van der Waals surface area contributed by atoms with E-state index in [4.69, 9.17) is 5.11 Å². The maximum Gasteiger partial charge on any atom is 0.309 e. The van der Waals surface area contributed by atoms with E-state index < -0.39 is 5.97 Å². The van der Waals surface area contributed by atoms with Crippen molar-refractivity contribution in [2.45, 2.75) is 6.92 Å². The van der Waals surface area contributed by atoms with Gasteiger partial charge in [0.1, 0.15) is 0 Å². The van der Waals surface area contributed by atoms with Gasteiger partial charge in [-0.2, -0.15) is 0 Å². The predicted octanol–water partition coefficient (Wildman–Crippen LogP) is 0.579. The highest BCUT2D eigenvalue weighted by molar-refractivity contribution is 5.71. The normalized spacial score (nSPS) is 19.4. The van der Waals surface area contributed by atoms with Gasteiger partial charge in [0.15, 0.2) is 0 Å². The molecule has 1 aliphatic heterocycles. The molecule has 0 atom stereocenters. The molecule has 0 aromatic heterocycles. The van der Waals surface area contributed by atoms with Gasteiger partial charge in [-0.3, -0.25) is 9.69 Å². The Bertz CT molecular complexity index is 183. The molecule has 0 spiro atoms. The van der Waals surface area contributed by atoms with Crippen LogP contribution in [0, 0.1) is 5.92 Å². The first-order valence-electron chi connectivity index (χ1n) is 3.69. The number of carboxylic acid groups (broad SMARTS) is 1. The highest BCUT2D eigenvalue weighted by atomic mass is 16.4. The third-order valence-corrected chi connectivity index (χ3v) is 1.80. The Morgan fingerprint density at radius 2 is 2.27 bits per heavy atom. The maximum absolute atomic E-state index is 10.4. The number of rotatable bonds is 3. The summed E-state index contributed by atoms with van der Waals surface area (Å²) in [5, 5.41) is 8.54. The molecule has 1 saturated heterocycles. The van der Waals surface area contributed by atoms with Crippen molar-refractivity contribution in [3.8, 4) is 0 Å². The van der Waals surface area contributed by atoms with Crippen LogP contribution in [0.3, 0.4) is 0 Å². The van der Waals surface area contributed by atoms with E-state index in [9.17, 15) is 4.79 Å². The minimum Gasteiger partial charge on any atom is -0.481 e. The van der Waals surface area contributed by atoms with Crippen molar-refractivity contribution in [1.29, 1.82) is 0 Å². The zero-order chi connectivity index (χ0) is 8.43. The highest BCUT2D eigenvalue weighted by Gasteiger charge is 2.31. The average molecular weight is 155 g/mol. The van der Waals surface area contributed by atoms with Crippen molar-refractivity contribution in [3.63, 3.8) is 0 Å². The lowest BCUT2D eigenvalue weighted by Crippen LogP contribution is -2.50. The van der Waals surface area contributed by atoms with Crippen LogP contribution in [-0.2, 0) is 4.79 Å². The van der Waals surface area contributed by atoms with Gasteiger partial charge in [0, 0.05) is 19.6 Å². The van der Waals surface area contributed by atoms with E-state index >= 15 is 0 Å². The first-order valence-corrected chi connectivity index (χ1v) is 3.69. The van der Waals surface area contributed by atoms with Crippen LogP contribution in [0.1, 0.15) is 6.92 Å². The number of carbonyl (C=O) groups is 1. The van der Waals surface area contributed by atoms with Gasteiger partial charge in [0.05, 0.1) is 5.92 Å².